The van der Waals surface area contributed by atoms with Crippen molar-refractivity contribution >= 4 is 38.6 Å². The maximum atomic E-state index is 2.17. The van der Waals surface area contributed by atoms with Crippen LogP contribution in [0.2, 0.25) is 0 Å². The van der Waals surface area contributed by atoms with Crippen LogP contribution in [-0.4, -0.2) is 21.1 Å². The Kier molecular flexibility index (Phi) is 12.0. The topological polar surface area (TPSA) is 6.48 Å². The highest BCUT2D eigenvalue weighted by Gasteiger charge is 2.00. The summed E-state index contributed by atoms with van der Waals surface area (Å²) in [6.45, 7) is 0. The van der Waals surface area contributed by atoms with Gasteiger partial charge in [-0.25, -0.2) is 0 Å². The lowest BCUT2D eigenvalue weighted by Crippen LogP contribution is -2.08. The minimum Gasteiger partial charge on any atom is -0.378 e. The van der Waals surface area contributed by atoms with Crippen LogP contribution in [0, 0.1) is 0 Å². The van der Waals surface area contributed by atoms with Gasteiger partial charge < -0.3 is 9.80 Å². The molecule has 0 radical (unpaired) electrons. The van der Waals surface area contributed by atoms with Gasteiger partial charge in [0.05, 0.1) is 0 Å². The number of benzene rings is 7. The fourth-order valence-electron chi connectivity index (χ4n) is 4.44. The molecule has 2 heteroatoms. The summed E-state index contributed by atoms with van der Waals surface area (Å²) < 4.78 is 0. The number of hydrogen-bond donors (Lipinski definition) is 0. The van der Waals surface area contributed by atoms with Gasteiger partial charge in [-0.15, -0.1) is 0 Å². The normalized spacial score (nSPS) is 9.74. The third-order valence-electron chi connectivity index (χ3n) is 6.88. The molecule has 214 valence electrons. The van der Waals surface area contributed by atoms with E-state index < -0.39 is 0 Å². The first kappa shape index (κ1) is 30.6. The number of anilines is 3. The molecule has 0 heterocycles. The SMILES string of the molecule is CN(C)c1ccccc1.CN(c1ccccc1)c1ccccc1.c1ccc2ccccc2c1.c1ccc2ccccc2c1. The molecule has 7 aromatic rings. The third-order valence-corrected chi connectivity index (χ3v) is 6.88. The third kappa shape index (κ3) is 9.91. The Balaban J connectivity index is 0.000000133. The zero-order valence-corrected chi connectivity index (χ0v) is 25.3. The lowest BCUT2D eigenvalue weighted by Gasteiger charge is -2.18. The molecule has 0 fully saturated rings. The summed E-state index contributed by atoms with van der Waals surface area (Å²) in [5, 5.41) is 5.24. The van der Waals surface area contributed by atoms with Crippen LogP contribution in [0.15, 0.2) is 188 Å². The average molecular weight is 561 g/mol. The highest BCUT2D eigenvalue weighted by atomic mass is 15.1. The van der Waals surface area contributed by atoms with Crippen molar-refractivity contribution in [1.29, 1.82) is 0 Å². The van der Waals surface area contributed by atoms with Crippen LogP contribution < -0.4 is 9.80 Å². The zero-order valence-electron chi connectivity index (χ0n) is 25.3. The lowest BCUT2D eigenvalue weighted by molar-refractivity contribution is 1.13. The molecule has 0 amide bonds. The number of fused-ring (bicyclic) bond motifs is 2. The molecule has 0 atom stereocenters. The van der Waals surface area contributed by atoms with Crippen molar-refractivity contribution in [1.82, 2.24) is 0 Å². The summed E-state index contributed by atoms with van der Waals surface area (Å²) in [4.78, 5) is 4.25. The van der Waals surface area contributed by atoms with Crippen LogP contribution in [0.4, 0.5) is 17.1 Å². The number of nitrogens with zero attached hydrogens (tertiary/aromatic N) is 2. The molecule has 0 aliphatic carbocycles. The minimum absolute atomic E-state index is 1.21. The van der Waals surface area contributed by atoms with Crippen LogP contribution in [0.3, 0.4) is 0 Å². The number of rotatable bonds is 3. The summed E-state index contributed by atoms with van der Waals surface area (Å²) in [7, 11) is 6.15. The first-order valence-corrected chi connectivity index (χ1v) is 14.6. The van der Waals surface area contributed by atoms with E-state index in [2.05, 4.69) is 175 Å². The van der Waals surface area contributed by atoms with Crippen molar-refractivity contribution in [3.05, 3.63) is 188 Å². The first-order chi connectivity index (χ1) is 21.1. The summed E-state index contributed by atoms with van der Waals surface area (Å²) >= 11 is 0. The molecule has 0 saturated carbocycles. The fourth-order valence-corrected chi connectivity index (χ4v) is 4.44. The molecule has 0 saturated heterocycles. The maximum absolute atomic E-state index is 2.17. The van der Waals surface area contributed by atoms with E-state index in [1.54, 1.807) is 0 Å². The molecule has 0 spiro atoms. The van der Waals surface area contributed by atoms with E-state index in [9.17, 15) is 0 Å². The molecule has 0 N–H and O–H groups in total. The van der Waals surface area contributed by atoms with E-state index in [0.29, 0.717) is 0 Å². The summed E-state index contributed by atoms with van der Waals surface area (Å²) in [5.41, 5.74) is 3.66. The first-order valence-electron chi connectivity index (χ1n) is 14.6. The molecule has 2 nitrogen and oxygen atoms in total. The van der Waals surface area contributed by atoms with Crippen LogP contribution in [-0.2, 0) is 0 Å². The second-order valence-corrected chi connectivity index (χ2v) is 10.2. The van der Waals surface area contributed by atoms with Gasteiger partial charge in [0.15, 0.2) is 0 Å². The second kappa shape index (κ2) is 16.8. The van der Waals surface area contributed by atoms with Gasteiger partial charge in [0, 0.05) is 38.2 Å². The molecule has 0 unspecified atom stereocenters. The van der Waals surface area contributed by atoms with E-state index in [1.165, 1.54) is 38.6 Å². The Morgan fingerprint density at radius 2 is 0.465 bits per heavy atom. The van der Waals surface area contributed by atoms with Crippen molar-refractivity contribution in [2.75, 3.05) is 30.9 Å². The largest absolute Gasteiger partial charge is 0.378 e. The predicted octanol–water partition coefficient (Wildman–Crippen LogP) is 10.9. The molecule has 0 bridgehead atoms. The Labute approximate surface area is 257 Å². The molecule has 0 aliphatic heterocycles. The van der Waals surface area contributed by atoms with Crippen molar-refractivity contribution in [3.8, 4) is 0 Å². The lowest BCUT2D eigenvalue weighted by atomic mass is 10.1. The van der Waals surface area contributed by atoms with Gasteiger partial charge in [0.25, 0.3) is 0 Å². The van der Waals surface area contributed by atoms with Gasteiger partial charge >= 0.3 is 0 Å². The number of hydrogen-bond acceptors (Lipinski definition) is 2. The van der Waals surface area contributed by atoms with Crippen LogP contribution in [0.25, 0.3) is 21.5 Å². The van der Waals surface area contributed by atoms with E-state index in [1.807, 2.05) is 44.4 Å². The van der Waals surface area contributed by atoms with Crippen molar-refractivity contribution < 1.29 is 0 Å². The molecule has 43 heavy (non-hydrogen) atoms. The second-order valence-electron chi connectivity index (χ2n) is 10.2. The van der Waals surface area contributed by atoms with Gasteiger partial charge in [-0.1, -0.05) is 152 Å². The molecular weight excluding hydrogens is 520 g/mol. The predicted molar refractivity (Wildman–Crippen MR) is 190 cm³/mol. The van der Waals surface area contributed by atoms with Crippen molar-refractivity contribution in [3.63, 3.8) is 0 Å². The van der Waals surface area contributed by atoms with E-state index in [0.717, 1.165) is 0 Å². The molecule has 0 aromatic heterocycles. The van der Waals surface area contributed by atoms with Gasteiger partial charge in [-0.3, -0.25) is 0 Å². The molecule has 7 aromatic carbocycles. The molecule has 7 rings (SSSR count). The van der Waals surface area contributed by atoms with Gasteiger partial charge in [0.1, 0.15) is 0 Å². The summed E-state index contributed by atoms with van der Waals surface area (Å²) in [6.07, 6.45) is 0. The monoisotopic (exact) mass is 560 g/mol. The Morgan fingerprint density at radius 1 is 0.256 bits per heavy atom. The Hall–Kier alpha value is -5.34. The smallest absolute Gasteiger partial charge is 0.0408 e. The Bertz CT molecular complexity index is 1510. The van der Waals surface area contributed by atoms with Crippen LogP contribution in [0.5, 0.6) is 0 Å². The quantitative estimate of drug-likeness (QED) is 0.212. The highest BCUT2D eigenvalue weighted by molar-refractivity contribution is 5.82. The van der Waals surface area contributed by atoms with Gasteiger partial charge in [0.2, 0.25) is 0 Å². The molecule has 0 aliphatic rings. The number of para-hydroxylation sites is 3. The summed E-state index contributed by atoms with van der Waals surface area (Å²) in [5.74, 6) is 0. The van der Waals surface area contributed by atoms with Crippen LogP contribution in [0.1, 0.15) is 0 Å². The fraction of sp³-hybridized carbons (Fsp3) is 0.0732. The zero-order chi connectivity index (χ0) is 30.1. The van der Waals surface area contributed by atoms with E-state index in [4.69, 9.17) is 0 Å². The standard InChI is InChI=1S/C13H13N.2C10H8.C8H11N/c1-14(12-8-4-2-5-9-12)13-10-6-3-7-11-13;2*1-2-6-10-8-4-3-7-9(10)5-1;1-9(2)8-6-4-3-5-7-8/h2-11H,1H3;2*1-8H;3-7H,1-2H3. The average Bonchev–Trinajstić information content (AvgIpc) is 3.10. The van der Waals surface area contributed by atoms with Gasteiger partial charge in [-0.05, 0) is 57.9 Å². The van der Waals surface area contributed by atoms with Crippen LogP contribution >= 0.6 is 0 Å². The molecular formula is C41H40N2. The Morgan fingerprint density at radius 3 is 0.674 bits per heavy atom. The van der Waals surface area contributed by atoms with E-state index >= 15 is 0 Å². The van der Waals surface area contributed by atoms with E-state index in [-0.39, 0.29) is 0 Å². The van der Waals surface area contributed by atoms with Crippen molar-refractivity contribution in [2.24, 2.45) is 0 Å². The minimum atomic E-state index is 1.21. The highest BCUT2D eigenvalue weighted by Crippen LogP contribution is 2.22. The maximum Gasteiger partial charge on any atom is 0.0408 e. The summed E-state index contributed by atoms with van der Waals surface area (Å²) in [6, 6.07) is 64.4. The van der Waals surface area contributed by atoms with Gasteiger partial charge in [-0.2, -0.15) is 0 Å². The van der Waals surface area contributed by atoms with Crippen molar-refractivity contribution in [2.45, 2.75) is 0 Å².